The zero-order valence-electron chi connectivity index (χ0n) is 18.5. The smallest absolute Gasteiger partial charge is 0.137 e. The molecule has 0 fully saturated rings. The molecule has 1 atom stereocenters. The van der Waals surface area contributed by atoms with E-state index in [0.29, 0.717) is 5.56 Å². The minimum atomic E-state index is -0.0261. The van der Waals surface area contributed by atoms with E-state index in [9.17, 15) is 0 Å². The number of benzene rings is 3. The van der Waals surface area contributed by atoms with Gasteiger partial charge in [0.05, 0.1) is 24.8 Å². The number of aromatic nitrogens is 1. The predicted octanol–water partition coefficient (Wildman–Crippen LogP) is 6.87. The molecule has 0 saturated heterocycles. The minimum Gasteiger partial charge on any atom is -0.497 e. The lowest BCUT2D eigenvalue weighted by Crippen LogP contribution is -2.38. The Labute approximate surface area is 213 Å². The maximum absolute atomic E-state index is 9.03. The number of fused-ring (bicyclic) bond motifs is 3. The molecule has 4 aromatic rings. The van der Waals surface area contributed by atoms with Crippen molar-refractivity contribution in [3.05, 3.63) is 99.7 Å². The number of nitriles is 1. The van der Waals surface area contributed by atoms with Crippen molar-refractivity contribution in [1.29, 1.82) is 5.26 Å². The summed E-state index contributed by atoms with van der Waals surface area (Å²) < 4.78 is 6.23. The Kier molecular flexibility index (Phi) is 6.51. The second-order valence-corrected chi connectivity index (χ2v) is 10.2. The molecule has 0 saturated carbocycles. The Morgan fingerprint density at radius 1 is 1.18 bits per heavy atom. The van der Waals surface area contributed by atoms with Gasteiger partial charge in [0, 0.05) is 33.9 Å². The molecule has 4 nitrogen and oxygen atoms in total. The van der Waals surface area contributed by atoms with Crippen molar-refractivity contribution in [1.82, 2.24) is 9.88 Å². The summed E-state index contributed by atoms with van der Waals surface area (Å²) >= 11 is 13.9. The minimum absolute atomic E-state index is 0.0261. The number of nitrogens with zero attached hydrogens (tertiary/aromatic N) is 2. The summed E-state index contributed by atoms with van der Waals surface area (Å²) in [6.07, 6.45) is 0.889. The summed E-state index contributed by atoms with van der Waals surface area (Å²) in [5.41, 5.74) is 6.51. The maximum Gasteiger partial charge on any atom is 0.137 e. The van der Waals surface area contributed by atoms with E-state index in [4.69, 9.17) is 33.8 Å². The molecule has 0 bridgehead atoms. The van der Waals surface area contributed by atoms with Crippen molar-refractivity contribution in [2.45, 2.75) is 18.2 Å². The number of thioether (sulfide) groups is 1. The van der Waals surface area contributed by atoms with E-state index in [1.165, 1.54) is 10.9 Å². The van der Waals surface area contributed by atoms with E-state index in [1.54, 1.807) is 18.9 Å². The van der Waals surface area contributed by atoms with Gasteiger partial charge in [0.1, 0.15) is 10.1 Å². The van der Waals surface area contributed by atoms with Gasteiger partial charge in [-0.1, -0.05) is 59.8 Å². The Balaban J connectivity index is 1.48. The Morgan fingerprint density at radius 2 is 1.94 bits per heavy atom. The molecule has 1 unspecified atom stereocenters. The number of methoxy groups -OCH3 is 1. The van der Waals surface area contributed by atoms with Crippen LogP contribution in [0.3, 0.4) is 0 Å². The molecule has 0 spiro atoms. The van der Waals surface area contributed by atoms with E-state index in [1.807, 2.05) is 54.6 Å². The molecule has 7 heteroatoms. The highest BCUT2D eigenvalue weighted by Crippen LogP contribution is 2.41. The number of hydrogen-bond donors (Lipinski definition) is 1. The van der Waals surface area contributed by atoms with Crippen molar-refractivity contribution < 1.29 is 4.74 Å². The van der Waals surface area contributed by atoms with E-state index in [2.05, 4.69) is 28.1 Å². The van der Waals surface area contributed by atoms with Crippen LogP contribution < -0.4 is 4.74 Å². The first-order chi connectivity index (χ1) is 16.6. The van der Waals surface area contributed by atoms with Crippen LogP contribution in [0.5, 0.6) is 5.75 Å². The molecular weight excluding hydrogens is 482 g/mol. The van der Waals surface area contributed by atoms with Gasteiger partial charge in [-0.2, -0.15) is 5.26 Å². The van der Waals surface area contributed by atoms with Gasteiger partial charge in [-0.05, 0) is 65.6 Å². The average Bonchev–Trinajstić information content (AvgIpc) is 3.25. The highest BCUT2D eigenvalue weighted by atomic mass is 35.5. The van der Waals surface area contributed by atoms with Gasteiger partial charge < -0.3 is 14.6 Å². The number of hydrogen-bond acceptors (Lipinski definition) is 4. The summed E-state index contributed by atoms with van der Waals surface area (Å²) in [6, 6.07) is 24.0. The number of nitrogens with one attached hydrogen (secondary N) is 1. The normalized spacial score (nSPS) is 15.1. The number of halogens is 1. The van der Waals surface area contributed by atoms with E-state index >= 15 is 0 Å². The fourth-order valence-electron chi connectivity index (χ4n) is 4.49. The lowest BCUT2D eigenvalue weighted by Gasteiger charge is -2.37. The van der Waals surface area contributed by atoms with Crippen LogP contribution in [0.15, 0.2) is 66.7 Å². The lowest BCUT2D eigenvalue weighted by molar-refractivity contribution is 0.345. The largest absolute Gasteiger partial charge is 0.497 e. The van der Waals surface area contributed by atoms with Gasteiger partial charge in [0.25, 0.3) is 0 Å². The van der Waals surface area contributed by atoms with Crippen LogP contribution in [0.25, 0.3) is 10.9 Å². The summed E-state index contributed by atoms with van der Waals surface area (Å²) in [6.45, 7) is 0.822. The molecule has 0 radical (unpaired) electrons. The van der Waals surface area contributed by atoms with Crippen molar-refractivity contribution in [2.75, 3.05) is 13.7 Å². The topological polar surface area (TPSA) is 52.0 Å². The molecule has 170 valence electrons. The molecule has 0 amide bonds. The molecule has 1 aliphatic rings. The number of rotatable bonds is 4. The van der Waals surface area contributed by atoms with Crippen LogP contribution in [-0.2, 0) is 12.2 Å². The molecule has 0 aliphatic carbocycles. The van der Waals surface area contributed by atoms with Crippen LogP contribution in [0, 0.1) is 11.3 Å². The fraction of sp³-hybridized carbons (Fsp3) is 0.185. The predicted molar refractivity (Wildman–Crippen MR) is 144 cm³/mol. The van der Waals surface area contributed by atoms with Crippen LogP contribution in [0.2, 0.25) is 5.02 Å². The molecule has 1 aromatic heterocycles. The van der Waals surface area contributed by atoms with Gasteiger partial charge in [0.15, 0.2) is 0 Å². The molecule has 2 heterocycles. The quantitative estimate of drug-likeness (QED) is 0.308. The van der Waals surface area contributed by atoms with Gasteiger partial charge in [-0.15, -0.1) is 0 Å². The van der Waals surface area contributed by atoms with Gasteiger partial charge >= 0.3 is 0 Å². The van der Waals surface area contributed by atoms with Crippen molar-refractivity contribution >= 4 is 50.8 Å². The van der Waals surface area contributed by atoms with Gasteiger partial charge in [-0.3, -0.25) is 0 Å². The third kappa shape index (κ3) is 4.39. The zero-order chi connectivity index (χ0) is 23.7. The van der Waals surface area contributed by atoms with E-state index in [0.717, 1.165) is 56.1 Å². The van der Waals surface area contributed by atoms with E-state index < -0.39 is 0 Å². The highest BCUT2D eigenvalue weighted by Gasteiger charge is 2.33. The molecule has 1 aliphatic heterocycles. The van der Waals surface area contributed by atoms with E-state index in [-0.39, 0.29) is 6.04 Å². The van der Waals surface area contributed by atoms with Crippen molar-refractivity contribution in [2.24, 2.45) is 0 Å². The standard InChI is InChI=1S/C27H22ClN3OS2/c1-32-21-9-6-19(7-10-21)26-25-22(23-14-20(28)8-11-24(23)30-25)12-13-31(26)27(33)34-16-18-4-2-17(15-29)3-5-18/h2-11,14,26,30H,12-13,16H2,1H3. The first-order valence-electron chi connectivity index (χ1n) is 10.9. The van der Waals surface area contributed by atoms with Crippen LogP contribution in [-0.4, -0.2) is 27.9 Å². The first-order valence-corrected chi connectivity index (χ1v) is 12.7. The first kappa shape index (κ1) is 22.8. The summed E-state index contributed by atoms with van der Waals surface area (Å²) in [5.74, 6) is 1.58. The third-order valence-corrected chi connectivity index (χ3v) is 7.98. The van der Waals surface area contributed by atoms with Gasteiger partial charge in [0.2, 0.25) is 0 Å². The molecule has 34 heavy (non-hydrogen) atoms. The Hall–Kier alpha value is -2.98. The highest BCUT2D eigenvalue weighted by molar-refractivity contribution is 8.22. The molecular formula is C27H22ClN3OS2. The lowest BCUT2D eigenvalue weighted by atomic mass is 9.93. The molecule has 1 N–H and O–H groups in total. The van der Waals surface area contributed by atoms with Crippen LogP contribution >= 0.6 is 35.6 Å². The Morgan fingerprint density at radius 3 is 2.65 bits per heavy atom. The Bertz CT molecular complexity index is 1390. The second kappa shape index (κ2) is 9.71. The number of thiocarbonyl (C=S) groups is 1. The maximum atomic E-state index is 9.03. The van der Waals surface area contributed by atoms with Crippen LogP contribution in [0.4, 0.5) is 0 Å². The summed E-state index contributed by atoms with van der Waals surface area (Å²) in [5, 5.41) is 11.0. The van der Waals surface area contributed by atoms with Crippen LogP contribution in [0.1, 0.15) is 34.0 Å². The number of ether oxygens (including phenoxy) is 1. The molecule has 3 aromatic carbocycles. The SMILES string of the molecule is COc1ccc(C2c3[nH]c4ccc(Cl)cc4c3CCN2C(=S)SCc2ccc(C#N)cc2)cc1. The molecule has 5 rings (SSSR count). The zero-order valence-corrected chi connectivity index (χ0v) is 20.9. The summed E-state index contributed by atoms with van der Waals surface area (Å²) in [4.78, 5) is 5.97. The number of aromatic amines is 1. The number of H-pyrrole nitrogens is 1. The van der Waals surface area contributed by atoms with Crippen molar-refractivity contribution in [3.63, 3.8) is 0 Å². The third-order valence-electron chi connectivity index (χ3n) is 6.20. The average molecular weight is 504 g/mol. The van der Waals surface area contributed by atoms with Crippen molar-refractivity contribution in [3.8, 4) is 11.8 Å². The second-order valence-electron chi connectivity index (χ2n) is 8.19. The monoisotopic (exact) mass is 503 g/mol. The van der Waals surface area contributed by atoms with Gasteiger partial charge in [-0.25, -0.2) is 0 Å². The fourth-order valence-corrected chi connectivity index (χ4v) is 5.88. The summed E-state index contributed by atoms with van der Waals surface area (Å²) in [7, 11) is 1.68.